The van der Waals surface area contributed by atoms with E-state index in [1.165, 1.54) is 6.42 Å². The third kappa shape index (κ3) is 7.50. The zero-order chi connectivity index (χ0) is 46.4. The number of hydrogen-bond acceptors (Lipinski definition) is 13. The fourth-order valence-electron chi connectivity index (χ4n) is 16.6. The number of Topliss-reactive ketones (excluding diaryl/α,β-unsaturated/α-hetero) is 1. The number of nitrogens with one attached hydrogen (secondary N) is 2. The lowest BCUT2D eigenvalue weighted by Crippen LogP contribution is -2.70. The molecule has 13 nitrogen and oxygen atoms in total. The Hall–Kier alpha value is -2.17. The van der Waals surface area contributed by atoms with Crippen LogP contribution in [0.2, 0.25) is 0 Å². The first kappa shape index (κ1) is 47.9. The van der Waals surface area contributed by atoms with Gasteiger partial charge in [-0.05, 0) is 156 Å². The molecule has 12 N–H and O–H groups in total. The normalized spacial score (nSPS) is 48.4. The molecule has 20 atom stereocenters. The highest BCUT2D eigenvalue weighted by molar-refractivity contribution is 6.00. The van der Waals surface area contributed by atoms with Crippen LogP contribution < -0.4 is 16.4 Å². The zero-order valence-electron chi connectivity index (χ0n) is 39.4. The number of ketones is 1. The molecule has 364 valence electrons. The van der Waals surface area contributed by atoms with E-state index in [-0.39, 0.29) is 80.1 Å². The van der Waals surface area contributed by atoms with Crippen LogP contribution in [0.5, 0.6) is 0 Å². The first-order chi connectivity index (χ1) is 30.8. The summed E-state index contributed by atoms with van der Waals surface area (Å²) < 4.78 is 7.01. The second-order valence-corrected chi connectivity index (χ2v) is 23.1. The number of dihydropyridines is 1. The molecule has 1 unspecified atom stereocenters. The van der Waals surface area contributed by atoms with Gasteiger partial charge in [0.1, 0.15) is 5.60 Å². The van der Waals surface area contributed by atoms with E-state index in [1.54, 1.807) is 13.8 Å². The molecule has 0 radical (unpaired) electrons. The van der Waals surface area contributed by atoms with Gasteiger partial charge in [-0.25, -0.2) is 0 Å². The standard InChI is InChI=1S/C52H81N3O10/c1-5-8-29-11-15-33-39(17-12-29)65-47-42(33)36(58)10-6-20-52(47,64)49(4,62)40-19-21-51(63)44-43-31(24-48(40,51)3)14-13-30(32-16-18-41(53)55-35(32)9-7-22-56)25-50(43)26-38(60)37(59)23-34(50)46(61)45(44)54-27-28(2)57/h13-14,16,18,28-31,33-34,36-43,47,54-60,62-64H,5-12,15,17,19-27,53H2,1-4H3/t28-,29+,30+,31+,33+,34-,36+,37+,38-,39+,40-,41?,42+,43-,47+,48+,49+,50-,51+,52+/m0/s1. The highest BCUT2D eigenvalue weighted by Crippen LogP contribution is 2.73. The molecule has 0 aromatic rings. The van der Waals surface area contributed by atoms with Gasteiger partial charge < -0.3 is 62.0 Å². The summed E-state index contributed by atoms with van der Waals surface area (Å²) in [7, 11) is 0. The zero-order valence-corrected chi connectivity index (χ0v) is 39.4. The number of fused-ring (bicyclic) bond motifs is 5. The number of carbonyl (C=O) groups is 1. The second-order valence-electron chi connectivity index (χ2n) is 23.1. The monoisotopic (exact) mass is 908 g/mol. The lowest BCUT2D eigenvalue weighted by atomic mass is 9.41. The molecule has 0 aromatic carbocycles. The van der Waals surface area contributed by atoms with Gasteiger partial charge in [0, 0.05) is 42.0 Å². The summed E-state index contributed by atoms with van der Waals surface area (Å²) in [6, 6.07) is 0. The molecule has 1 saturated heterocycles. The maximum absolute atomic E-state index is 15.5. The molecular formula is C52H81N3O10. The van der Waals surface area contributed by atoms with Crippen molar-refractivity contribution in [1.82, 2.24) is 10.6 Å². The molecule has 2 aliphatic heterocycles. The van der Waals surface area contributed by atoms with Crippen LogP contribution in [-0.4, -0.2) is 119 Å². The van der Waals surface area contributed by atoms with Crippen LogP contribution in [0.3, 0.4) is 0 Å². The molecule has 9 aliphatic rings. The van der Waals surface area contributed by atoms with Gasteiger partial charge in [-0.3, -0.25) is 4.79 Å². The Labute approximate surface area is 386 Å². The molecular weight excluding hydrogens is 827 g/mol. The summed E-state index contributed by atoms with van der Waals surface area (Å²) >= 11 is 0. The van der Waals surface area contributed by atoms with Crippen LogP contribution in [0.1, 0.15) is 137 Å². The van der Waals surface area contributed by atoms with E-state index >= 15 is 4.79 Å². The maximum atomic E-state index is 15.5. The Bertz CT molecular complexity index is 1930. The molecule has 0 amide bonds. The van der Waals surface area contributed by atoms with Crippen LogP contribution in [0, 0.1) is 58.2 Å². The Balaban J connectivity index is 1.17. The lowest BCUT2D eigenvalue weighted by molar-refractivity contribution is -0.255. The van der Waals surface area contributed by atoms with Crippen molar-refractivity contribution >= 4 is 5.78 Å². The van der Waals surface area contributed by atoms with Gasteiger partial charge in [0.25, 0.3) is 0 Å². The quantitative estimate of drug-likeness (QED) is 0.133. The van der Waals surface area contributed by atoms with Crippen LogP contribution in [0.25, 0.3) is 0 Å². The van der Waals surface area contributed by atoms with Crippen molar-refractivity contribution in [2.24, 2.45) is 63.9 Å². The van der Waals surface area contributed by atoms with E-state index in [1.807, 2.05) is 19.1 Å². The van der Waals surface area contributed by atoms with Crippen molar-refractivity contribution in [3.63, 3.8) is 0 Å². The van der Waals surface area contributed by atoms with Gasteiger partial charge in [-0.2, -0.15) is 0 Å². The predicted octanol–water partition coefficient (Wildman–Crippen LogP) is 3.76. The number of aliphatic hydroxyl groups excluding tert-OH is 5. The van der Waals surface area contributed by atoms with Crippen molar-refractivity contribution in [3.05, 3.63) is 46.8 Å². The van der Waals surface area contributed by atoms with Crippen LogP contribution in [0.4, 0.5) is 0 Å². The SMILES string of the molecule is CCC[C@@H]1CC[C@H]2[C@@H]3[C@H](O)CCC[C@](O)([C@](C)(O)[C@H]4CC[C@@]5(O)C6=C(NC[C@H](C)O)C(=O)[C@@H]7C[C@@H](O)[C@@H](O)C[C@@]78C[C@H](C7=C(CCCO)NC(N)C=C7)C=C[C@H](C[C@]45C)[C@@H]68)[C@@H]3O[C@@H]2CC1. The average Bonchev–Trinajstić information content (AvgIpc) is 3.56. The summed E-state index contributed by atoms with van der Waals surface area (Å²) in [6.45, 7) is 7.70. The minimum Gasteiger partial charge on any atom is -0.396 e. The Morgan fingerprint density at radius 3 is 2.51 bits per heavy atom. The summed E-state index contributed by atoms with van der Waals surface area (Å²) in [5.41, 5.74) is 1.92. The van der Waals surface area contributed by atoms with Crippen LogP contribution in [-0.2, 0) is 9.53 Å². The van der Waals surface area contributed by atoms with Crippen molar-refractivity contribution < 1.29 is 50.4 Å². The molecule has 65 heavy (non-hydrogen) atoms. The number of aliphatic hydroxyl groups is 8. The van der Waals surface area contributed by atoms with Crippen molar-refractivity contribution in [2.45, 2.75) is 196 Å². The number of carbonyl (C=O) groups excluding carboxylic acids is 1. The fourth-order valence-corrected chi connectivity index (χ4v) is 16.6. The molecule has 9 rings (SSSR count). The van der Waals surface area contributed by atoms with E-state index < -0.39 is 82.1 Å². The van der Waals surface area contributed by atoms with E-state index in [2.05, 4.69) is 29.7 Å². The first-order valence-corrected chi connectivity index (χ1v) is 25.6. The highest BCUT2D eigenvalue weighted by Gasteiger charge is 2.75. The molecule has 7 aliphatic carbocycles. The number of hydrogen-bond donors (Lipinski definition) is 11. The van der Waals surface area contributed by atoms with Crippen LogP contribution in [0.15, 0.2) is 46.8 Å². The van der Waals surface area contributed by atoms with Gasteiger partial charge in [-0.15, -0.1) is 0 Å². The third-order valence-electron chi connectivity index (χ3n) is 19.6. The van der Waals surface area contributed by atoms with Crippen molar-refractivity contribution in [1.29, 1.82) is 0 Å². The number of rotatable bonds is 11. The molecule has 2 heterocycles. The average molecular weight is 908 g/mol. The lowest BCUT2D eigenvalue weighted by Gasteiger charge is -2.64. The van der Waals surface area contributed by atoms with Gasteiger partial charge in [-0.1, -0.05) is 51.3 Å². The maximum Gasteiger partial charge on any atom is 0.182 e. The number of nitrogens with two attached hydrogens (primary N) is 1. The number of ether oxygens (including phenoxy) is 1. The number of allylic oxidation sites excluding steroid dienone is 6. The first-order valence-electron chi connectivity index (χ1n) is 25.6. The Morgan fingerprint density at radius 1 is 1.00 bits per heavy atom. The molecule has 13 heteroatoms. The summed E-state index contributed by atoms with van der Waals surface area (Å²) in [5.74, 6) is -2.22. The van der Waals surface area contributed by atoms with Gasteiger partial charge >= 0.3 is 0 Å². The van der Waals surface area contributed by atoms with Crippen LogP contribution >= 0.6 is 0 Å². The summed E-state index contributed by atoms with van der Waals surface area (Å²) in [6.07, 6.45) is 13.5. The molecule has 5 saturated carbocycles. The van der Waals surface area contributed by atoms with E-state index in [0.29, 0.717) is 56.4 Å². The Morgan fingerprint density at radius 2 is 1.77 bits per heavy atom. The molecule has 1 spiro atoms. The van der Waals surface area contributed by atoms with Crippen molar-refractivity contribution in [3.8, 4) is 0 Å². The third-order valence-corrected chi connectivity index (χ3v) is 19.6. The fraction of sp³-hybridized carbons (Fsp3) is 0.827. The van der Waals surface area contributed by atoms with Gasteiger partial charge in [0.15, 0.2) is 5.78 Å². The van der Waals surface area contributed by atoms with E-state index in [4.69, 9.17) is 10.5 Å². The minimum absolute atomic E-state index is 0.00895. The summed E-state index contributed by atoms with van der Waals surface area (Å²) in [5, 5.41) is 103. The molecule has 0 aromatic heterocycles. The smallest absolute Gasteiger partial charge is 0.182 e. The topological polar surface area (TPSA) is 238 Å². The Kier molecular flexibility index (Phi) is 13.0. The predicted molar refractivity (Wildman–Crippen MR) is 245 cm³/mol. The highest BCUT2D eigenvalue weighted by atomic mass is 16.5. The second kappa shape index (κ2) is 17.7. The molecule has 0 bridgehead atoms. The van der Waals surface area contributed by atoms with Gasteiger partial charge in [0.2, 0.25) is 0 Å². The minimum atomic E-state index is -1.79. The van der Waals surface area contributed by atoms with Crippen molar-refractivity contribution in [2.75, 3.05) is 13.2 Å². The summed E-state index contributed by atoms with van der Waals surface area (Å²) in [4.78, 5) is 15.5. The van der Waals surface area contributed by atoms with Gasteiger partial charge in [0.05, 0.1) is 59.7 Å². The largest absolute Gasteiger partial charge is 0.396 e. The van der Waals surface area contributed by atoms with E-state index in [0.717, 1.165) is 43.4 Å². The van der Waals surface area contributed by atoms with E-state index in [9.17, 15) is 40.9 Å². The molecule has 6 fully saturated rings.